The van der Waals surface area contributed by atoms with Crippen LogP contribution < -0.4 is 5.43 Å². The molecule has 1 aromatic heterocycles. The summed E-state index contributed by atoms with van der Waals surface area (Å²) in [6.07, 6.45) is 0. The molecule has 0 aliphatic rings. The Morgan fingerprint density at radius 2 is 1.74 bits per heavy atom. The Labute approximate surface area is 134 Å². The van der Waals surface area contributed by atoms with Crippen molar-refractivity contribution in [3.8, 4) is 0 Å². The summed E-state index contributed by atoms with van der Waals surface area (Å²) in [5.74, 6) is 0. The van der Waals surface area contributed by atoms with E-state index in [0.717, 1.165) is 10.6 Å². The van der Waals surface area contributed by atoms with Gasteiger partial charge in [0.05, 0.1) is 30.7 Å². The van der Waals surface area contributed by atoms with Gasteiger partial charge in [-0.2, -0.15) is 5.10 Å². The van der Waals surface area contributed by atoms with Crippen LogP contribution in [0.2, 0.25) is 19.4 Å². The number of thiophene rings is 1. The van der Waals surface area contributed by atoms with Crippen LogP contribution in [0.25, 0.3) is 0 Å². The van der Waals surface area contributed by atoms with Crippen molar-refractivity contribution in [2.24, 2.45) is 5.10 Å². The average molecular weight is 354 g/mol. The molecule has 0 aliphatic carbocycles. The number of hydrazone groups is 1. The van der Waals surface area contributed by atoms with E-state index in [0.29, 0.717) is 25.1 Å². The van der Waals surface area contributed by atoms with E-state index >= 15 is 0 Å². The maximum Gasteiger partial charge on any atom is 0.0935 e. The Morgan fingerprint density at radius 3 is 2.26 bits per heavy atom. The van der Waals surface area contributed by atoms with Gasteiger partial charge in [0, 0.05) is 5.02 Å². The molecule has 2 nitrogen and oxygen atoms in total. The van der Waals surface area contributed by atoms with E-state index in [1.165, 1.54) is 11.3 Å². The largest absolute Gasteiger partial charge is 0.275 e. The van der Waals surface area contributed by atoms with Crippen LogP contribution in [-0.4, -0.2) is 5.71 Å². The quantitative estimate of drug-likeness (QED) is 0.515. The number of hydrogen-bond acceptors (Lipinski definition) is 3. The molecule has 2 rings (SSSR count). The molecular weight excluding hydrogens is 346 g/mol. The van der Waals surface area contributed by atoms with Gasteiger partial charge in [0.15, 0.2) is 0 Å². The first-order valence-electron chi connectivity index (χ1n) is 5.18. The van der Waals surface area contributed by atoms with Crippen LogP contribution in [0.4, 0.5) is 5.69 Å². The van der Waals surface area contributed by atoms with Gasteiger partial charge in [-0.05, 0) is 31.2 Å². The molecule has 0 saturated heterocycles. The molecule has 7 heteroatoms. The Kier molecular flexibility index (Phi) is 4.98. The number of halogens is 4. The SMILES string of the molecule is C/C(=N\Nc1c(Cl)cc(Cl)cc1Cl)c1ccc(Cl)s1. The van der Waals surface area contributed by atoms with E-state index in [1.807, 2.05) is 19.1 Å². The van der Waals surface area contributed by atoms with E-state index in [9.17, 15) is 0 Å². The van der Waals surface area contributed by atoms with Crippen molar-refractivity contribution in [2.45, 2.75) is 6.92 Å². The minimum atomic E-state index is 0.415. The summed E-state index contributed by atoms with van der Waals surface area (Å²) in [7, 11) is 0. The second-order valence-corrected chi connectivity index (χ2v) is 6.62. The summed E-state index contributed by atoms with van der Waals surface area (Å²) < 4.78 is 0.715. The standard InChI is InChI=1S/C12H8Cl4N2S/c1-6(10-2-3-11(16)19-10)17-18-12-8(14)4-7(13)5-9(12)15/h2-5,18H,1H3/b17-6+. The number of nitrogens with one attached hydrogen (secondary N) is 1. The van der Waals surface area contributed by atoms with Crippen LogP contribution in [0, 0.1) is 0 Å². The van der Waals surface area contributed by atoms with Crippen molar-refractivity contribution < 1.29 is 0 Å². The zero-order valence-corrected chi connectivity index (χ0v) is 13.5. The number of benzene rings is 1. The molecule has 0 aliphatic heterocycles. The van der Waals surface area contributed by atoms with E-state index in [1.54, 1.807) is 12.1 Å². The van der Waals surface area contributed by atoms with Gasteiger partial charge in [-0.25, -0.2) is 0 Å². The monoisotopic (exact) mass is 352 g/mol. The molecule has 0 spiro atoms. The summed E-state index contributed by atoms with van der Waals surface area (Å²) in [6.45, 7) is 1.87. The summed E-state index contributed by atoms with van der Waals surface area (Å²) in [5, 5.41) is 5.54. The molecule has 1 N–H and O–H groups in total. The van der Waals surface area contributed by atoms with Crippen LogP contribution in [0.15, 0.2) is 29.4 Å². The lowest BCUT2D eigenvalue weighted by molar-refractivity contribution is 1.33. The molecule has 0 bridgehead atoms. The topological polar surface area (TPSA) is 24.4 Å². The molecular formula is C12H8Cl4N2S. The Hall–Kier alpha value is -0.450. The van der Waals surface area contributed by atoms with E-state index < -0.39 is 0 Å². The van der Waals surface area contributed by atoms with Crippen molar-refractivity contribution in [2.75, 3.05) is 5.43 Å². The smallest absolute Gasteiger partial charge is 0.0935 e. The third kappa shape index (κ3) is 3.77. The summed E-state index contributed by atoms with van der Waals surface area (Å²) in [6, 6.07) is 6.93. The van der Waals surface area contributed by atoms with Crippen LogP contribution in [0.5, 0.6) is 0 Å². The lowest BCUT2D eigenvalue weighted by atomic mass is 10.3. The molecule has 0 unspecified atom stereocenters. The van der Waals surface area contributed by atoms with Crippen molar-refractivity contribution >= 4 is 69.1 Å². The zero-order chi connectivity index (χ0) is 14.0. The van der Waals surface area contributed by atoms with Gasteiger partial charge in [-0.3, -0.25) is 5.43 Å². The molecule has 0 atom stereocenters. The fourth-order valence-electron chi connectivity index (χ4n) is 1.35. The van der Waals surface area contributed by atoms with Gasteiger partial charge in [0.25, 0.3) is 0 Å². The Morgan fingerprint density at radius 1 is 1.11 bits per heavy atom. The Bertz CT molecular complexity index is 613. The van der Waals surface area contributed by atoms with Gasteiger partial charge >= 0.3 is 0 Å². The fourth-order valence-corrected chi connectivity index (χ4v) is 3.24. The van der Waals surface area contributed by atoms with Crippen LogP contribution in [0.1, 0.15) is 11.8 Å². The zero-order valence-electron chi connectivity index (χ0n) is 9.68. The molecule has 1 aromatic carbocycles. The number of rotatable bonds is 3. The van der Waals surface area contributed by atoms with Gasteiger partial charge in [-0.1, -0.05) is 46.4 Å². The van der Waals surface area contributed by atoms with Crippen LogP contribution in [-0.2, 0) is 0 Å². The fraction of sp³-hybridized carbons (Fsp3) is 0.0833. The van der Waals surface area contributed by atoms with E-state index in [4.69, 9.17) is 46.4 Å². The maximum absolute atomic E-state index is 6.05. The van der Waals surface area contributed by atoms with Gasteiger partial charge in [-0.15, -0.1) is 11.3 Å². The van der Waals surface area contributed by atoms with Gasteiger partial charge in [0.1, 0.15) is 0 Å². The first-order chi connectivity index (χ1) is 8.97. The third-order valence-electron chi connectivity index (χ3n) is 2.27. The summed E-state index contributed by atoms with van der Waals surface area (Å²) >= 11 is 25.3. The maximum atomic E-state index is 6.05. The number of anilines is 1. The van der Waals surface area contributed by atoms with E-state index in [2.05, 4.69) is 10.5 Å². The van der Waals surface area contributed by atoms with Crippen molar-refractivity contribution in [3.63, 3.8) is 0 Å². The van der Waals surface area contributed by atoms with Crippen molar-refractivity contribution in [3.05, 3.63) is 48.5 Å². The third-order valence-corrected chi connectivity index (χ3v) is 4.43. The predicted molar refractivity (Wildman–Crippen MR) is 86.6 cm³/mol. The minimum Gasteiger partial charge on any atom is -0.275 e. The first-order valence-corrected chi connectivity index (χ1v) is 7.51. The molecule has 2 aromatic rings. The van der Waals surface area contributed by atoms with Gasteiger partial charge < -0.3 is 0 Å². The van der Waals surface area contributed by atoms with E-state index in [-0.39, 0.29) is 0 Å². The average Bonchev–Trinajstić information content (AvgIpc) is 2.74. The summed E-state index contributed by atoms with van der Waals surface area (Å²) in [5.41, 5.74) is 4.16. The second kappa shape index (κ2) is 6.33. The molecule has 1 heterocycles. The first kappa shape index (κ1) is 14.9. The highest BCUT2D eigenvalue weighted by Gasteiger charge is 2.08. The van der Waals surface area contributed by atoms with Crippen molar-refractivity contribution in [1.82, 2.24) is 0 Å². The predicted octanol–water partition coefficient (Wildman–Crippen LogP) is 6.20. The second-order valence-electron chi connectivity index (χ2n) is 3.66. The lowest BCUT2D eigenvalue weighted by Gasteiger charge is -2.07. The Balaban J connectivity index is 2.23. The molecule has 0 fully saturated rings. The highest BCUT2D eigenvalue weighted by Crippen LogP contribution is 2.33. The van der Waals surface area contributed by atoms with Crippen LogP contribution >= 0.6 is 57.7 Å². The molecule has 0 radical (unpaired) electrons. The number of nitrogens with zero attached hydrogens (tertiary/aromatic N) is 1. The molecule has 19 heavy (non-hydrogen) atoms. The van der Waals surface area contributed by atoms with Crippen LogP contribution in [0.3, 0.4) is 0 Å². The lowest BCUT2D eigenvalue weighted by Crippen LogP contribution is -1.98. The molecule has 100 valence electrons. The number of hydrogen-bond donors (Lipinski definition) is 1. The summed E-state index contributed by atoms with van der Waals surface area (Å²) in [4.78, 5) is 0.971. The highest BCUT2D eigenvalue weighted by atomic mass is 35.5. The molecule has 0 saturated carbocycles. The van der Waals surface area contributed by atoms with Gasteiger partial charge in [0.2, 0.25) is 0 Å². The highest BCUT2D eigenvalue weighted by molar-refractivity contribution is 7.18. The molecule has 0 amide bonds. The minimum absolute atomic E-state index is 0.415. The van der Waals surface area contributed by atoms with Crippen molar-refractivity contribution in [1.29, 1.82) is 0 Å². The normalized spacial score (nSPS) is 11.7.